The second kappa shape index (κ2) is 6.58. The smallest absolute Gasteiger partial charge is 0.0585 e. The predicted molar refractivity (Wildman–Crippen MR) is 66.3 cm³/mol. The quantitative estimate of drug-likeness (QED) is 0.748. The average Bonchev–Trinajstić information content (AvgIpc) is 2.21. The van der Waals surface area contributed by atoms with E-state index in [1.165, 1.54) is 6.42 Å². The van der Waals surface area contributed by atoms with Crippen LogP contribution in [0.25, 0.3) is 0 Å². The van der Waals surface area contributed by atoms with E-state index in [4.69, 9.17) is 5.11 Å². The van der Waals surface area contributed by atoms with Crippen LogP contribution in [0, 0.1) is 17.8 Å². The van der Waals surface area contributed by atoms with Crippen LogP contribution in [0.4, 0.5) is 0 Å². The van der Waals surface area contributed by atoms with Gasteiger partial charge in [0.25, 0.3) is 0 Å². The summed E-state index contributed by atoms with van der Waals surface area (Å²) in [6.07, 6.45) is 2.00. The summed E-state index contributed by atoms with van der Waals surface area (Å²) in [6.45, 7) is 9.39. The van der Waals surface area contributed by atoms with Crippen LogP contribution in [-0.2, 0) is 0 Å². The van der Waals surface area contributed by atoms with Crippen molar-refractivity contribution in [2.24, 2.45) is 17.8 Å². The monoisotopic (exact) mass is 229 g/mol. The molecule has 0 bridgehead atoms. The minimum Gasteiger partial charge on any atom is -0.395 e. The third-order valence-corrected chi connectivity index (χ3v) is 3.98. The molecule has 3 nitrogen and oxygen atoms in total. The topological polar surface area (TPSA) is 43.7 Å². The summed E-state index contributed by atoms with van der Waals surface area (Å²) in [6, 6.07) is 0. The molecule has 0 spiro atoms. The minimum absolute atomic E-state index is 0.161. The molecular weight excluding hydrogens is 202 g/mol. The van der Waals surface area contributed by atoms with E-state index >= 15 is 0 Å². The molecule has 1 saturated carbocycles. The van der Waals surface area contributed by atoms with Crippen molar-refractivity contribution in [2.75, 3.05) is 26.2 Å². The zero-order valence-corrected chi connectivity index (χ0v) is 10.9. The molecule has 16 heavy (non-hydrogen) atoms. The summed E-state index contributed by atoms with van der Waals surface area (Å²) in [5, 5.41) is 19.1. The van der Waals surface area contributed by atoms with Gasteiger partial charge in [0.15, 0.2) is 0 Å². The van der Waals surface area contributed by atoms with Crippen LogP contribution < -0.4 is 0 Å². The minimum atomic E-state index is -0.161. The summed E-state index contributed by atoms with van der Waals surface area (Å²) in [7, 11) is 0. The second-order valence-corrected chi connectivity index (χ2v) is 5.40. The molecular formula is C13H27NO2. The van der Waals surface area contributed by atoms with Crippen molar-refractivity contribution in [3.8, 4) is 0 Å². The molecule has 0 aromatic rings. The van der Waals surface area contributed by atoms with Gasteiger partial charge < -0.3 is 15.1 Å². The standard InChI is InChI=1S/C13H27NO2/c1-4-14(5-6-15)9-12-11(3)7-10(2)8-13(12)16/h10-13,15-16H,4-9H2,1-3H3. The maximum atomic E-state index is 10.1. The van der Waals surface area contributed by atoms with E-state index in [9.17, 15) is 5.11 Å². The molecule has 0 radical (unpaired) electrons. The lowest BCUT2D eigenvalue weighted by atomic mass is 9.73. The lowest BCUT2D eigenvalue weighted by Crippen LogP contribution is -2.43. The average molecular weight is 229 g/mol. The Labute approximate surface area is 99.5 Å². The molecule has 0 amide bonds. The lowest BCUT2D eigenvalue weighted by molar-refractivity contribution is -0.00326. The molecule has 2 N–H and O–H groups in total. The molecule has 1 fully saturated rings. The van der Waals surface area contributed by atoms with Crippen molar-refractivity contribution in [3.05, 3.63) is 0 Å². The summed E-state index contributed by atoms with van der Waals surface area (Å²) in [5.41, 5.74) is 0. The number of hydrogen-bond acceptors (Lipinski definition) is 3. The van der Waals surface area contributed by atoms with E-state index in [-0.39, 0.29) is 12.7 Å². The Bertz CT molecular complexity index is 186. The van der Waals surface area contributed by atoms with E-state index in [0.717, 1.165) is 26.1 Å². The van der Waals surface area contributed by atoms with Crippen molar-refractivity contribution < 1.29 is 10.2 Å². The third kappa shape index (κ3) is 3.72. The normalized spacial score (nSPS) is 35.6. The van der Waals surface area contributed by atoms with Crippen LogP contribution in [0.2, 0.25) is 0 Å². The predicted octanol–water partition coefficient (Wildman–Crippen LogP) is 1.34. The summed E-state index contributed by atoms with van der Waals surface area (Å²) < 4.78 is 0. The molecule has 0 aliphatic heterocycles. The summed E-state index contributed by atoms with van der Waals surface area (Å²) in [5.74, 6) is 1.61. The van der Waals surface area contributed by atoms with E-state index in [2.05, 4.69) is 25.7 Å². The number of rotatable bonds is 5. The van der Waals surface area contributed by atoms with Gasteiger partial charge in [0.1, 0.15) is 0 Å². The van der Waals surface area contributed by atoms with E-state index in [0.29, 0.717) is 17.8 Å². The number of likely N-dealkylation sites (N-methyl/N-ethyl adjacent to an activating group) is 1. The Hall–Kier alpha value is -0.120. The first-order chi connectivity index (χ1) is 7.58. The summed E-state index contributed by atoms with van der Waals surface area (Å²) >= 11 is 0. The summed E-state index contributed by atoms with van der Waals surface area (Å²) in [4.78, 5) is 2.24. The van der Waals surface area contributed by atoms with Crippen molar-refractivity contribution in [2.45, 2.75) is 39.7 Å². The maximum Gasteiger partial charge on any atom is 0.0585 e. The fourth-order valence-electron chi connectivity index (χ4n) is 2.99. The molecule has 96 valence electrons. The zero-order valence-electron chi connectivity index (χ0n) is 10.9. The van der Waals surface area contributed by atoms with Crippen LogP contribution in [0.3, 0.4) is 0 Å². The first kappa shape index (κ1) is 13.9. The second-order valence-electron chi connectivity index (χ2n) is 5.40. The van der Waals surface area contributed by atoms with Gasteiger partial charge in [-0.15, -0.1) is 0 Å². The largest absolute Gasteiger partial charge is 0.395 e. The highest BCUT2D eigenvalue weighted by Crippen LogP contribution is 2.34. The van der Waals surface area contributed by atoms with Gasteiger partial charge in [0.05, 0.1) is 12.7 Å². The third-order valence-electron chi connectivity index (χ3n) is 3.98. The Morgan fingerprint density at radius 1 is 1.25 bits per heavy atom. The van der Waals surface area contributed by atoms with Crippen molar-refractivity contribution in [1.29, 1.82) is 0 Å². The van der Waals surface area contributed by atoms with Gasteiger partial charge >= 0.3 is 0 Å². The molecule has 4 atom stereocenters. The van der Waals surface area contributed by atoms with Gasteiger partial charge in [-0.05, 0) is 31.2 Å². The van der Waals surface area contributed by atoms with Gasteiger partial charge in [0.2, 0.25) is 0 Å². The molecule has 0 saturated heterocycles. The molecule has 4 unspecified atom stereocenters. The molecule has 0 heterocycles. The van der Waals surface area contributed by atoms with Crippen LogP contribution in [0.5, 0.6) is 0 Å². The first-order valence-electron chi connectivity index (χ1n) is 6.59. The van der Waals surface area contributed by atoms with Gasteiger partial charge in [-0.3, -0.25) is 0 Å². The molecule has 3 heteroatoms. The Morgan fingerprint density at radius 2 is 1.94 bits per heavy atom. The number of nitrogens with zero attached hydrogens (tertiary/aromatic N) is 1. The lowest BCUT2D eigenvalue weighted by Gasteiger charge is -2.39. The highest BCUT2D eigenvalue weighted by Gasteiger charge is 2.33. The Balaban J connectivity index is 2.50. The molecule has 0 aromatic heterocycles. The SMILES string of the molecule is CCN(CCO)CC1C(C)CC(C)CC1O. The fourth-order valence-corrected chi connectivity index (χ4v) is 2.99. The molecule has 1 aliphatic rings. The Morgan fingerprint density at radius 3 is 2.44 bits per heavy atom. The van der Waals surface area contributed by atoms with Crippen LogP contribution in [0.15, 0.2) is 0 Å². The molecule has 0 aromatic carbocycles. The van der Waals surface area contributed by atoms with Crippen LogP contribution in [-0.4, -0.2) is 47.5 Å². The zero-order chi connectivity index (χ0) is 12.1. The number of hydrogen-bond donors (Lipinski definition) is 2. The van der Waals surface area contributed by atoms with Crippen LogP contribution in [0.1, 0.15) is 33.6 Å². The van der Waals surface area contributed by atoms with E-state index in [1.54, 1.807) is 0 Å². The molecule has 1 aliphatic carbocycles. The maximum absolute atomic E-state index is 10.1. The molecule has 1 rings (SSSR count). The number of aliphatic hydroxyl groups is 2. The van der Waals surface area contributed by atoms with Gasteiger partial charge in [-0.1, -0.05) is 20.8 Å². The highest BCUT2D eigenvalue weighted by molar-refractivity contribution is 4.84. The number of aliphatic hydroxyl groups excluding tert-OH is 2. The van der Waals surface area contributed by atoms with Gasteiger partial charge in [-0.25, -0.2) is 0 Å². The van der Waals surface area contributed by atoms with E-state index < -0.39 is 0 Å². The van der Waals surface area contributed by atoms with Crippen molar-refractivity contribution in [3.63, 3.8) is 0 Å². The van der Waals surface area contributed by atoms with Crippen molar-refractivity contribution in [1.82, 2.24) is 4.90 Å². The van der Waals surface area contributed by atoms with Gasteiger partial charge in [-0.2, -0.15) is 0 Å². The first-order valence-corrected chi connectivity index (χ1v) is 6.59. The van der Waals surface area contributed by atoms with E-state index in [1.807, 2.05) is 0 Å². The Kier molecular flexibility index (Phi) is 5.73. The highest BCUT2D eigenvalue weighted by atomic mass is 16.3. The van der Waals surface area contributed by atoms with Crippen molar-refractivity contribution >= 4 is 0 Å². The van der Waals surface area contributed by atoms with Crippen LogP contribution >= 0.6 is 0 Å². The van der Waals surface area contributed by atoms with Gasteiger partial charge in [0, 0.05) is 19.0 Å². The fraction of sp³-hybridized carbons (Fsp3) is 1.00.